The average molecular weight is 281 g/mol. The van der Waals surface area contributed by atoms with Gasteiger partial charge in [-0.25, -0.2) is 0 Å². The van der Waals surface area contributed by atoms with Crippen LogP contribution in [0.5, 0.6) is 0 Å². The van der Waals surface area contributed by atoms with Crippen molar-refractivity contribution >= 4 is 22.1 Å². The molecule has 1 atom stereocenters. The van der Waals surface area contributed by atoms with Crippen LogP contribution in [0.15, 0.2) is 59.3 Å². The molecule has 0 aliphatic rings. The second kappa shape index (κ2) is 6.21. The van der Waals surface area contributed by atoms with E-state index < -0.39 is 0 Å². The van der Waals surface area contributed by atoms with Gasteiger partial charge in [-0.3, -0.25) is 0 Å². The zero-order valence-electron chi connectivity index (χ0n) is 11.7. The quantitative estimate of drug-likeness (QED) is 0.708. The molecule has 20 heavy (non-hydrogen) atoms. The van der Waals surface area contributed by atoms with Gasteiger partial charge in [0.1, 0.15) is 0 Å². The predicted molar refractivity (Wildman–Crippen MR) is 88.4 cm³/mol. The molecule has 0 saturated carbocycles. The molecule has 1 unspecified atom stereocenters. The maximum atomic E-state index is 3.61. The molecule has 1 aromatic heterocycles. The van der Waals surface area contributed by atoms with Crippen molar-refractivity contribution in [3.63, 3.8) is 0 Å². The first kappa shape index (κ1) is 13.3. The lowest BCUT2D eigenvalue weighted by Crippen LogP contribution is -2.22. The molecule has 0 aliphatic heterocycles. The third-order valence-corrected chi connectivity index (χ3v) is 4.38. The van der Waals surface area contributed by atoms with Crippen molar-refractivity contribution < 1.29 is 0 Å². The highest BCUT2D eigenvalue weighted by atomic mass is 32.1. The number of nitrogens with one attached hydrogen (secondary N) is 1. The van der Waals surface area contributed by atoms with Crippen molar-refractivity contribution in [3.8, 4) is 0 Å². The summed E-state index contributed by atoms with van der Waals surface area (Å²) in [6, 6.07) is 17.9. The van der Waals surface area contributed by atoms with E-state index in [0.717, 1.165) is 13.0 Å². The lowest BCUT2D eigenvalue weighted by atomic mass is 9.97. The van der Waals surface area contributed by atoms with E-state index in [-0.39, 0.29) is 0 Å². The van der Waals surface area contributed by atoms with Crippen LogP contribution in [-0.2, 0) is 6.42 Å². The van der Waals surface area contributed by atoms with Gasteiger partial charge in [0.25, 0.3) is 0 Å². The van der Waals surface area contributed by atoms with E-state index in [1.54, 1.807) is 11.3 Å². The third kappa shape index (κ3) is 2.92. The first-order valence-corrected chi connectivity index (χ1v) is 8.04. The molecule has 0 saturated heterocycles. The van der Waals surface area contributed by atoms with Crippen LogP contribution in [0.25, 0.3) is 10.8 Å². The fourth-order valence-corrected chi connectivity index (χ4v) is 3.30. The van der Waals surface area contributed by atoms with Gasteiger partial charge >= 0.3 is 0 Å². The monoisotopic (exact) mass is 281 g/mol. The molecule has 1 nitrogen and oxygen atoms in total. The van der Waals surface area contributed by atoms with Crippen molar-refractivity contribution in [1.82, 2.24) is 5.32 Å². The summed E-state index contributed by atoms with van der Waals surface area (Å²) < 4.78 is 0. The molecule has 1 N–H and O–H groups in total. The van der Waals surface area contributed by atoms with Gasteiger partial charge in [0.2, 0.25) is 0 Å². The van der Waals surface area contributed by atoms with Crippen molar-refractivity contribution in [1.29, 1.82) is 0 Å². The fraction of sp³-hybridized carbons (Fsp3) is 0.222. The van der Waals surface area contributed by atoms with Crippen molar-refractivity contribution in [2.75, 3.05) is 6.54 Å². The Kier molecular flexibility index (Phi) is 4.14. The smallest absolute Gasteiger partial charge is 0.0361 e. The Balaban J connectivity index is 1.91. The van der Waals surface area contributed by atoms with Gasteiger partial charge in [-0.15, -0.1) is 0 Å². The average Bonchev–Trinajstić information content (AvgIpc) is 2.99. The number of benzene rings is 2. The summed E-state index contributed by atoms with van der Waals surface area (Å²) in [6.45, 7) is 3.16. The highest BCUT2D eigenvalue weighted by molar-refractivity contribution is 7.07. The second-order valence-electron chi connectivity index (χ2n) is 5.05. The zero-order chi connectivity index (χ0) is 13.8. The summed E-state index contributed by atoms with van der Waals surface area (Å²) in [7, 11) is 0. The Labute approximate surface area is 124 Å². The lowest BCUT2D eigenvalue weighted by molar-refractivity contribution is 0.551. The topological polar surface area (TPSA) is 12.0 Å². The lowest BCUT2D eigenvalue weighted by Gasteiger charge is -2.18. The maximum absolute atomic E-state index is 3.61. The third-order valence-electron chi connectivity index (χ3n) is 3.65. The highest BCUT2D eigenvalue weighted by Crippen LogP contribution is 2.24. The first-order valence-electron chi connectivity index (χ1n) is 7.10. The minimum Gasteiger partial charge on any atom is -0.310 e. The fourth-order valence-electron chi connectivity index (χ4n) is 2.62. The van der Waals surface area contributed by atoms with Gasteiger partial charge in [0.15, 0.2) is 0 Å². The number of fused-ring (bicyclic) bond motifs is 1. The summed E-state index contributed by atoms with van der Waals surface area (Å²) in [4.78, 5) is 0. The van der Waals surface area contributed by atoms with Crippen molar-refractivity contribution in [2.24, 2.45) is 0 Å². The Bertz CT molecular complexity index is 673. The van der Waals surface area contributed by atoms with Crippen LogP contribution in [0.3, 0.4) is 0 Å². The van der Waals surface area contributed by atoms with Crippen LogP contribution in [0, 0.1) is 0 Å². The highest BCUT2D eigenvalue weighted by Gasteiger charge is 2.11. The van der Waals surface area contributed by atoms with E-state index in [1.165, 1.54) is 21.9 Å². The number of hydrogen-bond acceptors (Lipinski definition) is 2. The molecule has 3 aromatic rings. The van der Waals surface area contributed by atoms with Crippen LogP contribution < -0.4 is 5.32 Å². The van der Waals surface area contributed by atoms with Crippen LogP contribution in [0.4, 0.5) is 0 Å². The van der Waals surface area contributed by atoms with Gasteiger partial charge in [0, 0.05) is 6.04 Å². The maximum Gasteiger partial charge on any atom is 0.0361 e. The Morgan fingerprint density at radius 2 is 1.90 bits per heavy atom. The molecule has 0 aliphatic carbocycles. The minimum absolute atomic E-state index is 0.388. The van der Waals surface area contributed by atoms with Gasteiger partial charge in [0.05, 0.1) is 0 Å². The molecule has 0 fully saturated rings. The largest absolute Gasteiger partial charge is 0.310 e. The molecule has 102 valence electrons. The minimum atomic E-state index is 0.388. The molecule has 2 heteroatoms. The number of thiophene rings is 1. The Morgan fingerprint density at radius 3 is 2.65 bits per heavy atom. The normalized spacial score (nSPS) is 12.7. The molecule has 0 amide bonds. The number of likely N-dealkylation sites (N-methyl/N-ethyl adjacent to an activating group) is 1. The Morgan fingerprint density at radius 1 is 1.05 bits per heavy atom. The second-order valence-corrected chi connectivity index (χ2v) is 5.83. The molecule has 0 spiro atoms. The van der Waals surface area contributed by atoms with Gasteiger partial charge in [-0.05, 0) is 57.8 Å². The van der Waals surface area contributed by atoms with E-state index in [4.69, 9.17) is 0 Å². The van der Waals surface area contributed by atoms with Crippen LogP contribution in [0.1, 0.15) is 24.1 Å². The van der Waals surface area contributed by atoms with Gasteiger partial charge < -0.3 is 5.32 Å². The molecule has 2 aromatic carbocycles. The summed E-state index contributed by atoms with van der Waals surface area (Å²) in [5, 5.41) is 10.6. The van der Waals surface area contributed by atoms with Crippen LogP contribution >= 0.6 is 11.3 Å². The summed E-state index contributed by atoms with van der Waals surface area (Å²) >= 11 is 1.77. The van der Waals surface area contributed by atoms with E-state index in [2.05, 4.69) is 71.5 Å². The van der Waals surface area contributed by atoms with Gasteiger partial charge in [-0.1, -0.05) is 43.3 Å². The SMILES string of the molecule is CCNC(Cc1ccsc1)c1ccc2ccccc2c1. The summed E-state index contributed by atoms with van der Waals surface area (Å²) in [6.07, 6.45) is 1.05. The van der Waals surface area contributed by atoms with E-state index in [0.29, 0.717) is 6.04 Å². The van der Waals surface area contributed by atoms with Crippen LogP contribution in [-0.4, -0.2) is 6.54 Å². The van der Waals surface area contributed by atoms with Crippen LogP contribution in [0.2, 0.25) is 0 Å². The summed E-state index contributed by atoms with van der Waals surface area (Å²) in [5.74, 6) is 0. The molecule has 0 radical (unpaired) electrons. The standard InChI is InChI=1S/C18H19NS/c1-2-19-18(11-14-9-10-20-13-14)17-8-7-15-5-3-4-6-16(15)12-17/h3-10,12-13,18-19H,2,11H2,1H3. The molecule has 0 bridgehead atoms. The molecular formula is C18H19NS. The van der Waals surface area contributed by atoms with E-state index >= 15 is 0 Å². The van der Waals surface area contributed by atoms with Crippen molar-refractivity contribution in [2.45, 2.75) is 19.4 Å². The number of hydrogen-bond donors (Lipinski definition) is 1. The Hall–Kier alpha value is -1.64. The molecule has 3 rings (SSSR count). The van der Waals surface area contributed by atoms with Gasteiger partial charge in [-0.2, -0.15) is 11.3 Å². The van der Waals surface area contributed by atoms with E-state index in [9.17, 15) is 0 Å². The number of rotatable bonds is 5. The van der Waals surface area contributed by atoms with Crippen molar-refractivity contribution in [3.05, 3.63) is 70.4 Å². The molecular weight excluding hydrogens is 262 g/mol. The summed E-state index contributed by atoms with van der Waals surface area (Å²) in [5.41, 5.74) is 2.78. The predicted octanol–water partition coefficient (Wildman–Crippen LogP) is 4.79. The van der Waals surface area contributed by atoms with E-state index in [1.807, 2.05) is 0 Å². The molecule has 1 heterocycles. The zero-order valence-corrected chi connectivity index (χ0v) is 12.5. The first-order chi connectivity index (χ1) is 9.86.